The van der Waals surface area contributed by atoms with Crippen LogP contribution in [0.5, 0.6) is 5.75 Å². The molecular weight excluding hydrogens is 308 g/mol. The Morgan fingerprint density at radius 3 is 2.71 bits per heavy atom. The van der Waals surface area contributed by atoms with E-state index in [9.17, 15) is 9.59 Å². The van der Waals surface area contributed by atoms with Crippen LogP contribution in [0.2, 0.25) is 0 Å². The predicted molar refractivity (Wildman–Crippen MR) is 91.1 cm³/mol. The molecule has 0 aliphatic heterocycles. The number of unbranched alkanes of at least 4 members (excludes halogenated alkanes) is 1. The summed E-state index contributed by atoms with van der Waals surface area (Å²) in [6.07, 6.45) is 6.52. The smallest absolute Gasteiger partial charge is 0.275 e. The highest BCUT2D eigenvalue weighted by Gasteiger charge is 2.11. The maximum absolute atomic E-state index is 12.1. The first-order valence-electron chi connectivity index (χ1n) is 7.69. The zero-order chi connectivity index (χ0) is 17.4. The molecule has 1 aromatic carbocycles. The number of carbonyl (C=O) groups excluding carboxylic acids is 2. The molecular formula is C17H20N4O3. The molecule has 0 bridgehead atoms. The van der Waals surface area contributed by atoms with E-state index in [4.69, 9.17) is 4.74 Å². The first-order chi connectivity index (χ1) is 11.6. The van der Waals surface area contributed by atoms with Crippen LogP contribution in [0.25, 0.3) is 0 Å². The summed E-state index contributed by atoms with van der Waals surface area (Å²) in [6, 6.07) is 5.02. The molecule has 24 heavy (non-hydrogen) atoms. The van der Waals surface area contributed by atoms with Gasteiger partial charge in [0.05, 0.1) is 19.0 Å². The molecule has 0 spiro atoms. The fraction of sp³-hybridized carbons (Fsp3) is 0.294. The average Bonchev–Trinajstić information content (AvgIpc) is 2.61. The number of hydrogen-bond donors (Lipinski definition) is 2. The molecule has 0 aliphatic rings. The van der Waals surface area contributed by atoms with Crippen LogP contribution in [0.4, 0.5) is 11.4 Å². The van der Waals surface area contributed by atoms with Crippen molar-refractivity contribution in [3.63, 3.8) is 0 Å². The van der Waals surface area contributed by atoms with Crippen LogP contribution in [0.1, 0.15) is 36.7 Å². The van der Waals surface area contributed by atoms with Gasteiger partial charge in [0.1, 0.15) is 11.4 Å². The minimum Gasteiger partial charge on any atom is -0.495 e. The largest absolute Gasteiger partial charge is 0.495 e. The molecule has 2 N–H and O–H groups in total. The molecule has 0 aliphatic carbocycles. The molecule has 0 fully saturated rings. The van der Waals surface area contributed by atoms with Crippen molar-refractivity contribution in [2.24, 2.45) is 0 Å². The Morgan fingerprint density at radius 2 is 2.04 bits per heavy atom. The predicted octanol–water partition coefficient (Wildman–Crippen LogP) is 2.87. The van der Waals surface area contributed by atoms with Crippen LogP contribution in [-0.2, 0) is 4.79 Å². The lowest BCUT2D eigenvalue weighted by atomic mass is 10.2. The second kappa shape index (κ2) is 8.61. The second-order valence-electron chi connectivity index (χ2n) is 5.11. The summed E-state index contributed by atoms with van der Waals surface area (Å²) in [5.74, 6) is 0.0569. The van der Waals surface area contributed by atoms with Crippen molar-refractivity contribution in [1.29, 1.82) is 0 Å². The highest BCUT2D eigenvalue weighted by molar-refractivity contribution is 6.03. The molecule has 1 aromatic heterocycles. The van der Waals surface area contributed by atoms with Crippen LogP contribution in [0, 0.1) is 0 Å². The topological polar surface area (TPSA) is 93.2 Å². The third-order valence-corrected chi connectivity index (χ3v) is 3.28. The van der Waals surface area contributed by atoms with Crippen molar-refractivity contribution in [2.75, 3.05) is 17.7 Å². The number of amides is 2. The zero-order valence-electron chi connectivity index (χ0n) is 13.7. The molecule has 0 unspecified atom stereocenters. The van der Waals surface area contributed by atoms with Crippen LogP contribution in [0.15, 0.2) is 36.8 Å². The van der Waals surface area contributed by atoms with Crippen molar-refractivity contribution in [3.05, 3.63) is 42.5 Å². The Hall–Kier alpha value is -2.96. The summed E-state index contributed by atoms with van der Waals surface area (Å²) in [5.41, 5.74) is 1.25. The lowest BCUT2D eigenvalue weighted by molar-refractivity contribution is -0.116. The molecule has 7 heteroatoms. The van der Waals surface area contributed by atoms with Crippen molar-refractivity contribution in [3.8, 4) is 5.75 Å². The summed E-state index contributed by atoms with van der Waals surface area (Å²) in [7, 11) is 1.52. The van der Waals surface area contributed by atoms with Gasteiger partial charge >= 0.3 is 0 Å². The molecule has 0 radical (unpaired) electrons. The summed E-state index contributed by atoms with van der Waals surface area (Å²) in [6.45, 7) is 2.02. The number of nitrogens with zero attached hydrogens (tertiary/aromatic N) is 2. The Labute approximate surface area is 140 Å². The van der Waals surface area contributed by atoms with Gasteiger partial charge in [-0.15, -0.1) is 0 Å². The van der Waals surface area contributed by atoms with Gasteiger partial charge in [-0.05, 0) is 24.6 Å². The van der Waals surface area contributed by atoms with Crippen molar-refractivity contribution < 1.29 is 14.3 Å². The normalized spacial score (nSPS) is 10.1. The lowest BCUT2D eigenvalue weighted by Gasteiger charge is -2.12. The zero-order valence-corrected chi connectivity index (χ0v) is 13.7. The number of aromatic nitrogens is 2. The van der Waals surface area contributed by atoms with E-state index in [1.807, 2.05) is 6.92 Å². The number of rotatable bonds is 7. The molecule has 2 rings (SSSR count). The SMILES string of the molecule is CCCCC(=O)Nc1cc(NC(=O)c2cnccn2)ccc1OC. The van der Waals surface area contributed by atoms with Gasteiger partial charge in [0, 0.05) is 24.5 Å². The Morgan fingerprint density at radius 1 is 1.21 bits per heavy atom. The van der Waals surface area contributed by atoms with Gasteiger partial charge in [0.2, 0.25) is 5.91 Å². The second-order valence-corrected chi connectivity index (χ2v) is 5.11. The van der Waals surface area contributed by atoms with E-state index < -0.39 is 0 Å². The lowest BCUT2D eigenvalue weighted by Crippen LogP contribution is -2.15. The van der Waals surface area contributed by atoms with E-state index in [1.165, 1.54) is 25.7 Å². The van der Waals surface area contributed by atoms with Gasteiger partial charge in [-0.1, -0.05) is 13.3 Å². The van der Waals surface area contributed by atoms with E-state index in [-0.39, 0.29) is 17.5 Å². The number of anilines is 2. The summed E-state index contributed by atoms with van der Waals surface area (Å²) < 4.78 is 5.25. The minimum atomic E-state index is -0.378. The summed E-state index contributed by atoms with van der Waals surface area (Å²) >= 11 is 0. The van der Waals surface area contributed by atoms with Crippen LogP contribution in [-0.4, -0.2) is 28.9 Å². The maximum atomic E-state index is 12.1. The Kier molecular flexibility index (Phi) is 6.24. The third kappa shape index (κ3) is 4.77. The fourth-order valence-corrected chi connectivity index (χ4v) is 2.04. The Balaban J connectivity index is 2.12. The number of hydrogen-bond acceptors (Lipinski definition) is 5. The van der Waals surface area contributed by atoms with E-state index in [0.29, 0.717) is 23.5 Å². The van der Waals surface area contributed by atoms with Crippen LogP contribution >= 0.6 is 0 Å². The summed E-state index contributed by atoms with van der Waals surface area (Å²) in [4.78, 5) is 31.8. The fourth-order valence-electron chi connectivity index (χ4n) is 2.04. The van der Waals surface area contributed by atoms with E-state index in [1.54, 1.807) is 18.2 Å². The van der Waals surface area contributed by atoms with Crippen LogP contribution < -0.4 is 15.4 Å². The number of carbonyl (C=O) groups is 2. The first-order valence-corrected chi connectivity index (χ1v) is 7.69. The molecule has 2 amide bonds. The highest BCUT2D eigenvalue weighted by Crippen LogP contribution is 2.28. The van der Waals surface area contributed by atoms with Gasteiger partial charge in [-0.25, -0.2) is 4.98 Å². The van der Waals surface area contributed by atoms with Crippen LogP contribution in [0.3, 0.4) is 0 Å². The first kappa shape index (κ1) is 17.4. The standard InChI is InChI=1S/C17H20N4O3/c1-3-4-5-16(22)21-13-10-12(6-7-15(13)24-2)20-17(23)14-11-18-8-9-19-14/h6-11H,3-5H2,1-2H3,(H,20,23)(H,21,22). The molecule has 0 saturated heterocycles. The van der Waals surface area contributed by atoms with Gasteiger partial charge in [0.15, 0.2) is 0 Å². The molecule has 126 valence electrons. The number of ether oxygens (including phenoxy) is 1. The van der Waals surface area contributed by atoms with E-state index >= 15 is 0 Å². The van der Waals surface area contributed by atoms with Gasteiger partial charge < -0.3 is 15.4 Å². The number of methoxy groups -OCH3 is 1. The van der Waals surface area contributed by atoms with Gasteiger partial charge in [0.25, 0.3) is 5.91 Å². The maximum Gasteiger partial charge on any atom is 0.275 e. The van der Waals surface area contributed by atoms with E-state index in [2.05, 4.69) is 20.6 Å². The monoisotopic (exact) mass is 328 g/mol. The molecule has 7 nitrogen and oxygen atoms in total. The summed E-state index contributed by atoms with van der Waals surface area (Å²) in [5, 5.41) is 5.52. The third-order valence-electron chi connectivity index (χ3n) is 3.28. The number of nitrogens with one attached hydrogen (secondary N) is 2. The quantitative estimate of drug-likeness (QED) is 0.815. The molecule has 0 atom stereocenters. The van der Waals surface area contributed by atoms with Crippen molar-refractivity contribution in [2.45, 2.75) is 26.2 Å². The van der Waals surface area contributed by atoms with Gasteiger partial charge in [-0.3, -0.25) is 14.6 Å². The molecule has 1 heterocycles. The Bertz CT molecular complexity index is 704. The average molecular weight is 328 g/mol. The number of benzene rings is 1. The van der Waals surface area contributed by atoms with Crippen molar-refractivity contribution in [1.82, 2.24) is 9.97 Å². The highest BCUT2D eigenvalue weighted by atomic mass is 16.5. The molecule has 2 aromatic rings. The molecule has 0 saturated carbocycles. The van der Waals surface area contributed by atoms with E-state index in [0.717, 1.165) is 12.8 Å². The van der Waals surface area contributed by atoms with Crippen molar-refractivity contribution >= 4 is 23.2 Å². The van der Waals surface area contributed by atoms with Gasteiger partial charge in [-0.2, -0.15) is 0 Å². The minimum absolute atomic E-state index is 0.0902.